The molecular formula is C14H24N2O3S2. The van der Waals surface area contributed by atoms with Crippen LogP contribution in [0.3, 0.4) is 0 Å². The van der Waals surface area contributed by atoms with Crippen LogP contribution >= 0.6 is 11.3 Å². The van der Waals surface area contributed by atoms with Gasteiger partial charge in [-0.15, -0.1) is 11.3 Å². The molecule has 2 rings (SSSR count). The van der Waals surface area contributed by atoms with E-state index in [9.17, 15) is 8.42 Å². The normalized spacial score (nSPS) is 19.8. The van der Waals surface area contributed by atoms with Crippen molar-refractivity contribution < 1.29 is 13.2 Å². The van der Waals surface area contributed by atoms with Crippen molar-refractivity contribution in [2.24, 2.45) is 0 Å². The molecule has 1 aromatic heterocycles. The molecule has 0 aliphatic carbocycles. The summed E-state index contributed by atoms with van der Waals surface area (Å²) >= 11 is 1.35. The van der Waals surface area contributed by atoms with E-state index in [-0.39, 0.29) is 6.04 Å². The molecule has 2 N–H and O–H groups in total. The Morgan fingerprint density at radius 1 is 1.48 bits per heavy atom. The highest BCUT2D eigenvalue weighted by atomic mass is 32.2. The van der Waals surface area contributed by atoms with Crippen molar-refractivity contribution in [3.8, 4) is 0 Å². The maximum Gasteiger partial charge on any atom is 0.250 e. The highest BCUT2D eigenvalue weighted by Gasteiger charge is 2.24. The molecule has 1 aliphatic heterocycles. The first kappa shape index (κ1) is 16.9. The van der Waals surface area contributed by atoms with E-state index in [0.29, 0.717) is 10.8 Å². The molecule has 1 atom stereocenters. The van der Waals surface area contributed by atoms with Gasteiger partial charge in [-0.3, -0.25) is 0 Å². The predicted octanol–water partition coefficient (Wildman–Crippen LogP) is 2.01. The molecule has 0 bridgehead atoms. The molecule has 1 fully saturated rings. The molecule has 120 valence electrons. The van der Waals surface area contributed by atoms with E-state index < -0.39 is 10.0 Å². The third kappa shape index (κ3) is 4.75. The fraction of sp³-hybridized carbons (Fsp3) is 0.714. The van der Waals surface area contributed by atoms with Crippen LogP contribution in [-0.2, 0) is 21.3 Å². The Balaban J connectivity index is 2.03. The zero-order valence-electron chi connectivity index (χ0n) is 12.6. The SMILES string of the molecule is CCCNCc1sc(S(=O)(=O)NC2CCCOC2)cc1C. The maximum atomic E-state index is 12.4. The van der Waals surface area contributed by atoms with Gasteiger partial charge in [0.2, 0.25) is 10.0 Å². The Morgan fingerprint density at radius 3 is 2.95 bits per heavy atom. The standard InChI is InChI=1S/C14H24N2O3S2/c1-3-6-15-9-13-11(2)8-14(20-13)21(17,18)16-12-5-4-7-19-10-12/h8,12,15-16H,3-7,9-10H2,1-2H3. The maximum absolute atomic E-state index is 12.4. The minimum atomic E-state index is -3.43. The topological polar surface area (TPSA) is 67.4 Å². The summed E-state index contributed by atoms with van der Waals surface area (Å²) in [5.41, 5.74) is 1.03. The lowest BCUT2D eigenvalue weighted by molar-refractivity contribution is 0.0774. The third-order valence-corrected chi connectivity index (χ3v) is 6.69. The molecule has 2 heterocycles. The van der Waals surface area contributed by atoms with E-state index in [1.54, 1.807) is 6.07 Å². The van der Waals surface area contributed by atoms with Gasteiger partial charge in [0.25, 0.3) is 0 Å². The summed E-state index contributed by atoms with van der Waals surface area (Å²) in [4.78, 5) is 1.09. The monoisotopic (exact) mass is 332 g/mol. The fourth-order valence-corrected chi connectivity index (χ4v) is 5.12. The highest BCUT2D eigenvalue weighted by Crippen LogP contribution is 2.26. The Labute approximate surface area is 131 Å². The van der Waals surface area contributed by atoms with Gasteiger partial charge in [0.15, 0.2) is 0 Å². The number of ether oxygens (including phenoxy) is 1. The van der Waals surface area contributed by atoms with Crippen LogP contribution in [0.25, 0.3) is 0 Å². The molecule has 0 aromatic carbocycles. The Morgan fingerprint density at radius 2 is 2.29 bits per heavy atom. The summed E-state index contributed by atoms with van der Waals surface area (Å²) in [6.07, 6.45) is 2.82. The van der Waals surface area contributed by atoms with E-state index in [0.717, 1.165) is 49.4 Å². The average Bonchev–Trinajstić information content (AvgIpc) is 2.82. The van der Waals surface area contributed by atoms with E-state index in [1.807, 2.05) is 6.92 Å². The molecule has 1 aliphatic rings. The first-order valence-electron chi connectivity index (χ1n) is 7.43. The number of thiophene rings is 1. The van der Waals surface area contributed by atoms with Crippen molar-refractivity contribution in [1.82, 2.24) is 10.0 Å². The van der Waals surface area contributed by atoms with Crippen LogP contribution in [0.5, 0.6) is 0 Å². The Bertz CT molecular complexity index is 549. The summed E-state index contributed by atoms with van der Waals surface area (Å²) in [5.74, 6) is 0. The second-order valence-electron chi connectivity index (χ2n) is 5.38. The van der Waals surface area contributed by atoms with E-state index in [2.05, 4.69) is 17.0 Å². The van der Waals surface area contributed by atoms with Crippen LogP contribution in [0.15, 0.2) is 10.3 Å². The first-order valence-corrected chi connectivity index (χ1v) is 9.73. The van der Waals surface area contributed by atoms with Crippen LogP contribution in [0, 0.1) is 6.92 Å². The molecule has 5 nitrogen and oxygen atoms in total. The van der Waals surface area contributed by atoms with Gasteiger partial charge in [-0.1, -0.05) is 6.92 Å². The summed E-state index contributed by atoms with van der Waals surface area (Å²) in [6, 6.07) is 1.66. The summed E-state index contributed by atoms with van der Waals surface area (Å²) in [6.45, 7) is 6.93. The van der Waals surface area contributed by atoms with Crippen molar-refractivity contribution in [2.45, 2.75) is 49.9 Å². The molecule has 0 radical (unpaired) electrons. The van der Waals surface area contributed by atoms with Crippen LogP contribution in [-0.4, -0.2) is 34.2 Å². The highest BCUT2D eigenvalue weighted by molar-refractivity contribution is 7.91. The third-order valence-electron chi connectivity index (χ3n) is 3.46. The van der Waals surface area contributed by atoms with Crippen LogP contribution in [0.1, 0.15) is 36.6 Å². The first-order chi connectivity index (χ1) is 10.0. The molecule has 0 amide bonds. The van der Waals surface area contributed by atoms with Gasteiger partial charge in [-0.05, 0) is 44.4 Å². The van der Waals surface area contributed by atoms with E-state index in [4.69, 9.17) is 4.74 Å². The summed E-state index contributed by atoms with van der Waals surface area (Å²) in [7, 11) is -3.43. The lowest BCUT2D eigenvalue weighted by Crippen LogP contribution is -2.40. The largest absolute Gasteiger partial charge is 0.380 e. The van der Waals surface area contributed by atoms with E-state index in [1.165, 1.54) is 11.3 Å². The summed E-state index contributed by atoms with van der Waals surface area (Å²) in [5, 5.41) is 3.31. The van der Waals surface area contributed by atoms with Gasteiger partial charge in [-0.25, -0.2) is 13.1 Å². The van der Waals surface area contributed by atoms with Crippen molar-refractivity contribution in [3.05, 3.63) is 16.5 Å². The molecular weight excluding hydrogens is 308 g/mol. The number of rotatable bonds is 7. The average molecular weight is 332 g/mol. The van der Waals surface area contributed by atoms with Gasteiger partial charge in [0.1, 0.15) is 4.21 Å². The van der Waals surface area contributed by atoms with Crippen molar-refractivity contribution in [3.63, 3.8) is 0 Å². The fourth-order valence-electron chi connectivity index (χ4n) is 2.29. The Kier molecular flexibility index (Phi) is 6.19. The van der Waals surface area contributed by atoms with Gasteiger partial charge >= 0.3 is 0 Å². The lowest BCUT2D eigenvalue weighted by atomic mass is 10.1. The zero-order valence-corrected chi connectivity index (χ0v) is 14.3. The molecule has 1 saturated heterocycles. The molecule has 1 unspecified atom stereocenters. The molecule has 7 heteroatoms. The molecule has 0 spiro atoms. The van der Waals surface area contributed by atoms with Gasteiger partial charge in [-0.2, -0.15) is 0 Å². The lowest BCUT2D eigenvalue weighted by Gasteiger charge is -2.22. The zero-order chi connectivity index (χ0) is 15.3. The molecule has 0 saturated carbocycles. The second-order valence-corrected chi connectivity index (χ2v) is 8.46. The van der Waals surface area contributed by atoms with Crippen LogP contribution in [0.4, 0.5) is 0 Å². The number of aryl methyl sites for hydroxylation is 1. The van der Waals surface area contributed by atoms with Gasteiger partial charge in [0.05, 0.1) is 6.61 Å². The number of nitrogens with one attached hydrogen (secondary N) is 2. The Hall–Kier alpha value is -0.470. The second kappa shape index (κ2) is 7.69. The number of hydrogen-bond donors (Lipinski definition) is 2. The van der Waals surface area contributed by atoms with Crippen LogP contribution < -0.4 is 10.0 Å². The van der Waals surface area contributed by atoms with E-state index >= 15 is 0 Å². The van der Waals surface area contributed by atoms with Crippen molar-refractivity contribution >= 4 is 21.4 Å². The summed E-state index contributed by atoms with van der Waals surface area (Å²) < 4.78 is 33.3. The number of sulfonamides is 1. The minimum Gasteiger partial charge on any atom is -0.380 e. The predicted molar refractivity (Wildman–Crippen MR) is 85.2 cm³/mol. The van der Waals surface area contributed by atoms with Gasteiger partial charge in [0, 0.05) is 24.1 Å². The quantitative estimate of drug-likeness (QED) is 0.750. The smallest absolute Gasteiger partial charge is 0.250 e. The molecule has 1 aromatic rings. The van der Waals surface area contributed by atoms with Crippen molar-refractivity contribution in [2.75, 3.05) is 19.8 Å². The number of hydrogen-bond acceptors (Lipinski definition) is 5. The van der Waals surface area contributed by atoms with Crippen LogP contribution in [0.2, 0.25) is 0 Å². The van der Waals surface area contributed by atoms with Gasteiger partial charge < -0.3 is 10.1 Å². The molecule has 21 heavy (non-hydrogen) atoms. The van der Waals surface area contributed by atoms with Crippen molar-refractivity contribution in [1.29, 1.82) is 0 Å². The minimum absolute atomic E-state index is 0.104.